The van der Waals surface area contributed by atoms with Crippen LogP contribution in [0.5, 0.6) is 0 Å². The standard InChI is InChI=1S/C23H22N3OS/c1-3-15(4-2)16-5-7-19(8-6-16)24-13-21-20-11-18(17-9-10-28-14-17)12-25-22(20)26-23(21)27/h5-14,24H,3-4H2,1-2H3,(H,25,26,27). The van der Waals surface area contributed by atoms with Crippen molar-refractivity contribution in [2.75, 3.05) is 10.6 Å². The Morgan fingerprint density at radius 3 is 2.61 bits per heavy atom. The van der Waals surface area contributed by atoms with Crippen molar-refractivity contribution >= 4 is 34.3 Å². The molecule has 1 amide bonds. The van der Waals surface area contributed by atoms with Gasteiger partial charge in [0.25, 0.3) is 5.91 Å². The van der Waals surface area contributed by atoms with Gasteiger partial charge in [-0.1, -0.05) is 26.0 Å². The number of nitrogens with zero attached hydrogens (tertiary/aromatic N) is 1. The molecule has 0 spiro atoms. The molecule has 0 saturated heterocycles. The van der Waals surface area contributed by atoms with Crippen LogP contribution in [0, 0.1) is 5.92 Å². The molecule has 0 fully saturated rings. The van der Waals surface area contributed by atoms with E-state index >= 15 is 0 Å². The van der Waals surface area contributed by atoms with Gasteiger partial charge in [-0.25, -0.2) is 4.98 Å². The summed E-state index contributed by atoms with van der Waals surface area (Å²) in [6.07, 6.45) is 5.68. The number of thiophene rings is 1. The fourth-order valence-corrected chi connectivity index (χ4v) is 4.08. The first-order valence-electron chi connectivity index (χ1n) is 9.45. The fourth-order valence-electron chi connectivity index (χ4n) is 3.41. The third-order valence-electron chi connectivity index (χ3n) is 5.04. The Balaban J connectivity index is 1.57. The van der Waals surface area contributed by atoms with E-state index in [1.165, 1.54) is 11.5 Å². The molecule has 5 heteroatoms. The summed E-state index contributed by atoms with van der Waals surface area (Å²) in [5.74, 6) is 1.92. The van der Waals surface area contributed by atoms with Crippen molar-refractivity contribution < 1.29 is 4.79 Å². The van der Waals surface area contributed by atoms with Crippen LogP contribution in [0.3, 0.4) is 0 Å². The number of hydrogen-bond acceptors (Lipinski definition) is 4. The molecule has 28 heavy (non-hydrogen) atoms. The maximum absolute atomic E-state index is 12.4. The van der Waals surface area contributed by atoms with E-state index in [0.29, 0.717) is 11.4 Å². The minimum absolute atomic E-state index is 0.137. The van der Waals surface area contributed by atoms with Gasteiger partial charge in [0.15, 0.2) is 0 Å². The Kier molecular flexibility index (Phi) is 5.26. The topological polar surface area (TPSA) is 54.0 Å². The zero-order valence-corrected chi connectivity index (χ0v) is 16.8. The number of fused-ring (bicyclic) bond motifs is 1. The van der Waals surface area contributed by atoms with Crippen LogP contribution >= 0.6 is 11.3 Å². The highest BCUT2D eigenvalue weighted by Crippen LogP contribution is 2.34. The molecule has 0 atom stereocenters. The SMILES string of the molecule is CC[C](CC)c1ccc(NC=C2C(=O)Nc3ncc(-c4ccsc4)cc32)cc1. The zero-order chi connectivity index (χ0) is 19.5. The van der Waals surface area contributed by atoms with Crippen LogP contribution in [0.25, 0.3) is 16.7 Å². The van der Waals surface area contributed by atoms with Crippen LogP contribution in [0.2, 0.25) is 0 Å². The average molecular weight is 389 g/mol. The summed E-state index contributed by atoms with van der Waals surface area (Å²) in [4.78, 5) is 16.8. The highest BCUT2D eigenvalue weighted by Gasteiger charge is 2.26. The molecule has 0 bridgehead atoms. The Labute approximate surface area is 169 Å². The molecule has 3 aromatic rings. The third kappa shape index (κ3) is 3.58. The number of hydrogen-bond donors (Lipinski definition) is 2. The third-order valence-corrected chi connectivity index (χ3v) is 5.72. The first kappa shape index (κ1) is 18.4. The molecule has 1 aliphatic heterocycles. The number of anilines is 2. The van der Waals surface area contributed by atoms with Crippen LogP contribution < -0.4 is 10.6 Å². The molecule has 141 valence electrons. The molecule has 1 radical (unpaired) electrons. The van der Waals surface area contributed by atoms with Crippen LogP contribution in [0.15, 0.2) is 59.6 Å². The van der Waals surface area contributed by atoms with Crippen molar-refractivity contribution in [1.82, 2.24) is 4.98 Å². The number of amides is 1. The van der Waals surface area contributed by atoms with E-state index in [4.69, 9.17) is 0 Å². The maximum atomic E-state index is 12.4. The minimum Gasteiger partial charge on any atom is -0.361 e. The zero-order valence-electron chi connectivity index (χ0n) is 16.0. The maximum Gasteiger partial charge on any atom is 0.259 e. The molecule has 2 aromatic heterocycles. The predicted molar refractivity (Wildman–Crippen MR) is 117 cm³/mol. The van der Waals surface area contributed by atoms with Crippen molar-refractivity contribution in [1.29, 1.82) is 0 Å². The lowest BCUT2D eigenvalue weighted by molar-refractivity contribution is -0.110. The van der Waals surface area contributed by atoms with E-state index < -0.39 is 0 Å². The number of aromatic nitrogens is 1. The van der Waals surface area contributed by atoms with Crippen molar-refractivity contribution in [2.24, 2.45) is 0 Å². The molecular weight excluding hydrogens is 366 g/mol. The fraction of sp³-hybridized carbons (Fsp3) is 0.174. The number of rotatable bonds is 6. The van der Waals surface area contributed by atoms with E-state index in [9.17, 15) is 4.79 Å². The average Bonchev–Trinajstić information content (AvgIpc) is 3.35. The molecule has 2 N–H and O–H groups in total. The number of carbonyl (C=O) groups is 1. The van der Waals surface area contributed by atoms with Gasteiger partial charge in [-0.3, -0.25) is 4.79 Å². The summed E-state index contributed by atoms with van der Waals surface area (Å²) in [6, 6.07) is 12.4. The quantitative estimate of drug-likeness (QED) is 0.512. The van der Waals surface area contributed by atoms with Crippen molar-refractivity contribution in [3.8, 4) is 11.1 Å². The second-order valence-corrected chi connectivity index (χ2v) is 7.46. The summed E-state index contributed by atoms with van der Waals surface area (Å²) < 4.78 is 0. The molecule has 0 aliphatic carbocycles. The molecular formula is C23H22N3OS. The lowest BCUT2D eigenvalue weighted by Gasteiger charge is -2.12. The van der Waals surface area contributed by atoms with Gasteiger partial charge in [-0.15, -0.1) is 0 Å². The van der Waals surface area contributed by atoms with E-state index in [2.05, 4.69) is 53.0 Å². The van der Waals surface area contributed by atoms with Crippen LogP contribution in [-0.2, 0) is 4.79 Å². The highest BCUT2D eigenvalue weighted by molar-refractivity contribution is 7.08. The van der Waals surface area contributed by atoms with Crippen molar-refractivity contribution in [3.05, 3.63) is 76.6 Å². The van der Waals surface area contributed by atoms with Gasteiger partial charge in [0.1, 0.15) is 5.82 Å². The smallest absolute Gasteiger partial charge is 0.259 e. The largest absolute Gasteiger partial charge is 0.361 e. The number of carbonyl (C=O) groups excluding carboxylic acids is 1. The summed E-state index contributed by atoms with van der Waals surface area (Å²) in [7, 11) is 0. The molecule has 1 aliphatic rings. The number of pyridine rings is 1. The van der Waals surface area contributed by atoms with Gasteiger partial charge in [0.2, 0.25) is 0 Å². The predicted octanol–water partition coefficient (Wildman–Crippen LogP) is 5.96. The Morgan fingerprint density at radius 1 is 1.14 bits per heavy atom. The van der Waals surface area contributed by atoms with Gasteiger partial charge in [-0.05, 0) is 59.0 Å². The van der Waals surface area contributed by atoms with Crippen LogP contribution in [0.1, 0.15) is 37.8 Å². The molecule has 3 heterocycles. The van der Waals surface area contributed by atoms with E-state index in [1.807, 2.05) is 23.6 Å². The minimum atomic E-state index is -0.137. The van der Waals surface area contributed by atoms with Gasteiger partial charge >= 0.3 is 0 Å². The highest BCUT2D eigenvalue weighted by atomic mass is 32.1. The van der Waals surface area contributed by atoms with E-state index in [-0.39, 0.29) is 5.91 Å². The van der Waals surface area contributed by atoms with Gasteiger partial charge in [0.05, 0.1) is 5.57 Å². The normalized spacial score (nSPS) is 14.4. The van der Waals surface area contributed by atoms with Gasteiger partial charge in [-0.2, -0.15) is 11.3 Å². The summed E-state index contributed by atoms with van der Waals surface area (Å²) in [5, 5.41) is 10.2. The number of benzene rings is 1. The Hall–Kier alpha value is -2.92. The van der Waals surface area contributed by atoms with Crippen molar-refractivity contribution in [2.45, 2.75) is 26.7 Å². The summed E-state index contributed by atoms with van der Waals surface area (Å²) in [5.41, 5.74) is 5.77. The van der Waals surface area contributed by atoms with Crippen LogP contribution in [0.4, 0.5) is 11.5 Å². The molecule has 4 rings (SSSR count). The second-order valence-electron chi connectivity index (χ2n) is 6.68. The summed E-state index contributed by atoms with van der Waals surface area (Å²) in [6.45, 7) is 4.37. The first-order valence-corrected chi connectivity index (χ1v) is 10.4. The van der Waals surface area contributed by atoms with Crippen LogP contribution in [-0.4, -0.2) is 10.9 Å². The monoisotopic (exact) mass is 388 g/mol. The summed E-state index contributed by atoms with van der Waals surface area (Å²) >= 11 is 1.64. The number of nitrogens with one attached hydrogen (secondary N) is 2. The lowest BCUT2D eigenvalue weighted by atomic mass is 9.94. The molecule has 0 saturated carbocycles. The lowest BCUT2D eigenvalue weighted by Crippen LogP contribution is -2.05. The Bertz CT molecular complexity index is 1000. The van der Waals surface area contributed by atoms with Crippen molar-refractivity contribution in [3.63, 3.8) is 0 Å². The second kappa shape index (κ2) is 7.98. The molecule has 4 nitrogen and oxygen atoms in total. The van der Waals surface area contributed by atoms with E-state index in [0.717, 1.165) is 35.2 Å². The van der Waals surface area contributed by atoms with Gasteiger partial charge in [0, 0.05) is 35.1 Å². The Morgan fingerprint density at radius 2 is 1.93 bits per heavy atom. The van der Waals surface area contributed by atoms with Gasteiger partial charge < -0.3 is 10.6 Å². The van der Waals surface area contributed by atoms with E-state index in [1.54, 1.807) is 23.7 Å². The molecule has 1 aromatic carbocycles. The molecule has 0 unspecified atom stereocenters. The first-order chi connectivity index (χ1) is 13.7.